The summed E-state index contributed by atoms with van der Waals surface area (Å²) in [5.74, 6) is 0.492. The van der Waals surface area contributed by atoms with Crippen molar-refractivity contribution in [3.63, 3.8) is 0 Å². The molecule has 2 aromatic rings. The molecule has 0 radical (unpaired) electrons. The fourth-order valence-electron chi connectivity index (χ4n) is 3.60. The number of piperidine rings is 1. The largest absolute Gasteiger partial charge is 0.302 e. The molecule has 1 aliphatic rings. The maximum atomic E-state index is 12.9. The predicted molar refractivity (Wildman–Crippen MR) is 99.5 cm³/mol. The van der Waals surface area contributed by atoms with E-state index >= 15 is 0 Å². The summed E-state index contributed by atoms with van der Waals surface area (Å²) in [5.41, 5.74) is 2.10. The van der Waals surface area contributed by atoms with Crippen molar-refractivity contribution in [1.29, 1.82) is 0 Å². The van der Waals surface area contributed by atoms with Crippen molar-refractivity contribution < 1.29 is 4.79 Å². The molecule has 0 bridgehead atoms. The van der Waals surface area contributed by atoms with Crippen LogP contribution < -0.4 is 5.32 Å². The third kappa shape index (κ3) is 3.66. The van der Waals surface area contributed by atoms with Gasteiger partial charge in [0.25, 0.3) is 0 Å². The van der Waals surface area contributed by atoms with Crippen LogP contribution in [0.3, 0.4) is 0 Å². The summed E-state index contributed by atoms with van der Waals surface area (Å²) in [5, 5.41) is 5.04. The Morgan fingerprint density at radius 1 is 1.00 bits per heavy atom. The van der Waals surface area contributed by atoms with Crippen molar-refractivity contribution in [2.24, 2.45) is 11.8 Å². The lowest BCUT2D eigenvalue weighted by molar-refractivity contribution is -0.128. The first kappa shape index (κ1) is 17.5. The summed E-state index contributed by atoms with van der Waals surface area (Å²) in [6.45, 7) is 4.20. The average molecular weight is 362 g/mol. The molecule has 3 atom stereocenters. The molecule has 2 aromatic carbocycles. The number of ketones is 1. The van der Waals surface area contributed by atoms with Gasteiger partial charge in [0.1, 0.15) is 5.78 Å². The van der Waals surface area contributed by atoms with E-state index in [0.29, 0.717) is 22.2 Å². The molecule has 0 aromatic heterocycles. The summed E-state index contributed by atoms with van der Waals surface area (Å²) in [6.07, 6.45) is 0.486. The Labute approximate surface area is 153 Å². The van der Waals surface area contributed by atoms with Crippen LogP contribution in [0.15, 0.2) is 48.5 Å². The highest BCUT2D eigenvalue weighted by Crippen LogP contribution is 2.39. The number of benzene rings is 2. The van der Waals surface area contributed by atoms with Crippen molar-refractivity contribution >= 4 is 29.0 Å². The molecule has 1 fully saturated rings. The highest BCUT2D eigenvalue weighted by molar-refractivity contribution is 6.30. The molecule has 4 heteroatoms. The fraction of sp³-hybridized carbons (Fsp3) is 0.350. The number of nitrogens with one attached hydrogen (secondary N) is 1. The van der Waals surface area contributed by atoms with Crippen LogP contribution in [0, 0.1) is 11.8 Å². The second-order valence-electron chi connectivity index (χ2n) is 6.75. The first-order chi connectivity index (χ1) is 11.5. The number of rotatable bonds is 3. The molecule has 1 aliphatic heterocycles. The van der Waals surface area contributed by atoms with E-state index < -0.39 is 0 Å². The van der Waals surface area contributed by atoms with Gasteiger partial charge in [0, 0.05) is 34.5 Å². The average Bonchev–Trinajstić information content (AvgIpc) is 2.53. The fourth-order valence-corrected chi connectivity index (χ4v) is 4.00. The molecule has 0 amide bonds. The number of carbonyl (C=O) groups is 1. The quantitative estimate of drug-likeness (QED) is 0.769. The number of hydrogen-bond acceptors (Lipinski definition) is 2. The molecule has 1 N–H and O–H groups in total. The molecule has 3 rings (SSSR count). The van der Waals surface area contributed by atoms with E-state index in [-0.39, 0.29) is 23.9 Å². The van der Waals surface area contributed by atoms with Gasteiger partial charge in [0.15, 0.2) is 0 Å². The first-order valence-corrected chi connectivity index (χ1v) is 9.01. The standard InChI is InChI=1S/C20H21Cl2NO/c1-12(2)19-18(24)11-17(13-5-3-7-15(21)9-13)23-20(19)14-6-4-8-16(22)10-14/h3-10,12,17,19-20,23H,11H2,1-2H3/t17-,19+,20-/m0/s1. The minimum Gasteiger partial charge on any atom is -0.302 e. The van der Waals surface area contributed by atoms with Crippen LogP contribution in [-0.4, -0.2) is 5.78 Å². The van der Waals surface area contributed by atoms with Gasteiger partial charge in [-0.3, -0.25) is 4.79 Å². The summed E-state index contributed by atoms with van der Waals surface area (Å²) < 4.78 is 0. The number of Topliss-reactive ketones (excluding diaryl/α,β-unsaturated/α-hetero) is 1. The van der Waals surface area contributed by atoms with Crippen LogP contribution in [0.2, 0.25) is 10.0 Å². The van der Waals surface area contributed by atoms with Gasteiger partial charge in [0.2, 0.25) is 0 Å². The molecule has 0 spiro atoms. The Balaban J connectivity index is 1.97. The molecule has 24 heavy (non-hydrogen) atoms. The van der Waals surface area contributed by atoms with Gasteiger partial charge in [-0.05, 0) is 41.3 Å². The minimum absolute atomic E-state index is 0.0322. The molecule has 1 saturated heterocycles. The van der Waals surface area contributed by atoms with Crippen LogP contribution in [0.1, 0.15) is 43.5 Å². The van der Waals surface area contributed by atoms with Gasteiger partial charge in [0.05, 0.1) is 0 Å². The van der Waals surface area contributed by atoms with E-state index in [9.17, 15) is 4.79 Å². The SMILES string of the molecule is CC(C)[C@@H]1C(=O)C[C@@H](c2cccc(Cl)c2)N[C@H]1c1cccc(Cl)c1. The Bertz CT molecular complexity index is 744. The summed E-state index contributed by atoms with van der Waals surface area (Å²) >= 11 is 12.3. The maximum Gasteiger partial charge on any atom is 0.140 e. The number of hydrogen-bond donors (Lipinski definition) is 1. The van der Waals surface area contributed by atoms with Gasteiger partial charge in [-0.15, -0.1) is 0 Å². The highest BCUT2D eigenvalue weighted by atomic mass is 35.5. The molecule has 126 valence electrons. The second kappa shape index (κ2) is 7.26. The second-order valence-corrected chi connectivity index (χ2v) is 7.62. The number of halogens is 2. The summed E-state index contributed by atoms with van der Waals surface area (Å²) in [4.78, 5) is 12.9. The monoisotopic (exact) mass is 361 g/mol. The maximum absolute atomic E-state index is 12.9. The van der Waals surface area contributed by atoms with E-state index in [2.05, 4.69) is 19.2 Å². The van der Waals surface area contributed by atoms with E-state index in [1.807, 2.05) is 48.5 Å². The molecular weight excluding hydrogens is 341 g/mol. The lowest BCUT2D eigenvalue weighted by Crippen LogP contribution is -2.44. The molecule has 0 aliphatic carbocycles. The lowest BCUT2D eigenvalue weighted by Gasteiger charge is -2.39. The van der Waals surface area contributed by atoms with Gasteiger partial charge in [-0.2, -0.15) is 0 Å². The van der Waals surface area contributed by atoms with E-state index in [1.54, 1.807) is 0 Å². The van der Waals surface area contributed by atoms with Crippen molar-refractivity contribution in [3.05, 3.63) is 69.7 Å². The lowest BCUT2D eigenvalue weighted by atomic mass is 9.75. The molecular formula is C20H21Cl2NO. The predicted octanol–water partition coefficient (Wildman–Crippen LogP) is 5.61. The summed E-state index contributed by atoms with van der Waals surface area (Å²) in [7, 11) is 0. The van der Waals surface area contributed by atoms with E-state index in [4.69, 9.17) is 23.2 Å². The van der Waals surface area contributed by atoms with Crippen LogP contribution >= 0.6 is 23.2 Å². The van der Waals surface area contributed by atoms with Crippen molar-refractivity contribution in [2.75, 3.05) is 0 Å². The Kier molecular flexibility index (Phi) is 5.29. The van der Waals surface area contributed by atoms with Gasteiger partial charge in [-0.1, -0.05) is 61.3 Å². The van der Waals surface area contributed by atoms with Crippen LogP contribution in [-0.2, 0) is 4.79 Å². The van der Waals surface area contributed by atoms with Crippen molar-refractivity contribution in [3.8, 4) is 0 Å². The third-order valence-corrected chi connectivity index (χ3v) is 5.16. The smallest absolute Gasteiger partial charge is 0.140 e. The number of carbonyl (C=O) groups excluding carboxylic acids is 1. The van der Waals surface area contributed by atoms with E-state index in [1.165, 1.54) is 0 Å². The molecule has 1 heterocycles. The Morgan fingerprint density at radius 3 is 2.17 bits per heavy atom. The molecule has 2 nitrogen and oxygen atoms in total. The highest BCUT2D eigenvalue weighted by Gasteiger charge is 2.39. The Morgan fingerprint density at radius 2 is 1.58 bits per heavy atom. The topological polar surface area (TPSA) is 29.1 Å². The van der Waals surface area contributed by atoms with Crippen LogP contribution in [0.25, 0.3) is 0 Å². The van der Waals surface area contributed by atoms with Crippen LogP contribution in [0.5, 0.6) is 0 Å². The molecule has 0 saturated carbocycles. The third-order valence-electron chi connectivity index (χ3n) is 4.69. The van der Waals surface area contributed by atoms with Gasteiger partial charge < -0.3 is 5.32 Å². The Hall–Kier alpha value is -1.35. The van der Waals surface area contributed by atoms with Gasteiger partial charge >= 0.3 is 0 Å². The van der Waals surface area contributed by atoms with E-state index in [0.717, 1.165) is 11.1 Å². The van der Waals surface area contributed by atoms with Gasteiger partial charge in [-0.25, -0.2) is 0 Å². The zero-order chi connectivity index (χ0) is 17.3. The zero-order valence-corrected chi connectivity index (χ0v) is 15.3. The summed E-state index contributed by atoms with van der Waals surface area (Å²) in [6, 6.07) is 15.4. The molecule has 0 unspecified atom stereocenters. The van der Waals surface area contributed by atoms with Crippen LogP contribution in [0.4, 0.5) is 0 Å². The van der Waals surface area contributed by atoms with Crippen molar-refractivity contribution in [1.82, 2.24) is 5.32 Å². The van der Waals surface area contributed by atoms with Crippen molar-refractivity contribution in [2.45, 2.75) is 32.4 Å². The minimum atomic E-state index is -0.0566. The normalized spacial score (nSPS) is 24.4. The first-order valence-electron chi connectivity index (χ1n) is 8.25. The zero-order valence-electron chi connectivity index (χ0n) is 13.8.